The highest BCUT2D eigenvalue weighted by Crippen LogP contribution is 2.38. The molecule has 2 saturated carbocycles. The van der Waals surface area contributed by atoms with Crippen LogP contribution in [-0.4, -0.2) is 22.3 Å². The van der Waals surface area contributed by atoms with Crippen LogP contribution in [0.3, 0.4) is 0 Å². The van der Waals surface area contributed by atoms with E-state index < -0.39 is 0 Å². The Labute approximate surface area is 101 Å². The molecular weight excluding hydrogens is 218 g/mol. The molecule has 2 aliphatic rings. The number of rotatable bonds is 4. The Morgan fingerprint density at radius 1 is 1.24 bits per heavy atom. The molecule has 5 nitrogen and oxygen atoms in total. The maximum atomic E-state index is 6.01. The van der Waals surface area contributed by atoms with E-state index in [1.807, 2.05) is 0 Å². The number of ether oxygens (including phenoxy) is 1. The summed E-state index contributed by atoms with van der Waals surface area (Å²) in [6.45, 7) is 0.401. The molecule has 0 saturated heterocycles. The molecule has 2 atom stereocenters. The second-order valence-electron chi connectivity index (χ2n) is 5.12. The fraction of sp³-hybridized carbons (Fsp3) is 0.833. The molecule has 1 heterocycles. The van der Waals surface area contributed by atoms with Gasteiger partial charge in [0.2, 0.25) is 0 Å². The number of aromatic nitrogens is 2. The SMILES string of the molecule is NC1CCCCC1OCc1nc(C2CC2)no1. The lowest BCUT2D eigenvalue weighted by Gasteiger charge is -2.27. The van der Waals surface area contributed by atoms with Crippen LogP contribution in [0, 0.1) is 0 Å². The minimum atomic E-state index is 0.153. The lowest BCUT2D eigenvalue weighted by molar-refractivity contribution is -0.00707. The Morgan fingerprint density at radius 3 is 2.82 bits per heavy atom. The van der Waals surface area contributed by atoms with Gasteiger partial charge < -0.3 is 15.0 Å². The van der Waals surface area contributed by atoms with Crippen molar-refractivity contribution in [2.75, 3.05) is 0 Å². The third-order valence-corrected chi connectivity index (χ3v) is 3.60. The molecule has 5 heteroatoms. The van der Waals surface area contributed by atoms with Crippen LogP contribution < -0.4 is 5.73 Å². The molecule has 0 aliphatic heterocycles. The van der Waals surface area contributed by atoms with E-state index in [4.69, 9.17) is 15.0 Å². The zero-order valence-corrected chi connectivity index (χ0v) is 9.97. The van der Waals surface area contributed by atoms with E-state index in [1.165, 1.54) is 25.7 Å². The highest BCUT2D eigenvalue weighted by atomic mass is 16.5. The zero-order chi connectivity index (χ0) is 11.7. The molecule has 2 unspecified atom stereocenters. The molecule has 2 N–H and O–H groups in total. The predicted octanol–water partition coefficient (Wildman–Crippen LogP) is 1.73. The van der Waals surface area contributed by atoms with E-state index in [9.17, 15) is 0 Å². The van der Waals surface area contributed by atoms with Gasteiger partial charge in [0, 0.05) is 12.0 Å². The van der Waals surface area contributed by atoms with Crippen molar-refractivity contribution in [1.82, 2.24) is 10.1 Å². The van der Waals surface area contributed by atoms with Crippen molar-refractivity contribution in [2.24, 2.45) is 5.73 Å². The molecule has 0 amide bonds. The fourth-order valence-electron chi connectivity index (χ4n) is 2.34. The molecule has 3 rings (SSSR count). The third-order valence-electron chi connectivity index (χ3n) is 3.60. The Hall–Kier alpha value is -0.940. The molecule has 0 radical (unpaired) electrons. The quantitative estimate of drug-likeness (QED) is 0.863. The average molecular weight is 237 g/mol. The van der Waals surface area contributed by atoms with Crippen molar-refractivity contribution in [3.8, 4) is 0 Å². The van der Waals surface area contributed by atoms with Crippen molar-refractivity contribution in [2.45, 2.75) is 63.2 Å². The summed E-state index contributed by atoms with van der Waals surface area (Å²) < 4.78 is 10.9. The van der Waals surface area contributed by atoms with E-state index in [0.717, 1.165) is 18.7 Å². The summed E-state index contributed by atoms with van der Waals surface area (Å²) in [5.74, 6) is 1.96. The Bertz CT molecular complexity index is 376. The van der Waals surface area contributed by atoms with Gasteiger partial charge in [-0.05, 0) is 25.7 Å². The van der Waals surface area contributed by atoms with E-state index in [1.54, 1.807) is 0 Å². The van der Waals surface area contributed by atoms with Crippen molar-refractivity contribution in [1.29, 1.82) is 0 Å². The Morgan fingerprint density at radius 2 is 2.06 bits per heavy atom. The van der Waals surface area contributed by atoms with E-state index in [2.05, 4.69) is 10.1 Å². The van der Waals surface area contributed by atoms with Crippen LogP contribution in [-0.2, 0) is 11.3 Å². The Kier molecular flexibility index (Phi) is 3.11. The smallest absolute Gasteiger partial charge is 0.252 e. The number of nitrogens with two attached hydrogens (primary N) is 1. The molecule has 1 aromatic rings. The number of nitrogens with zero attached hydrogens (tertiary/aromatic N) is 2. The monoisotopic (exact) mass is 237 g/mol. The first-order valence-corrected chi connectivity index (χ1v) is 6.52. The van der Waals surface area contributed by atoms with Gasteiger partial charge in [0.1, 0.15) is 6.61 Å². The molecule has 0 spiro atoms. The van der Waals surface area contributed by atoms with E-state index in [0.29, 0.717) is 18.4 Å². The van der Waals surface area contributed by atoms with Gasteiger partial charge in [-0.3, -0.25) is 0 Å². The summed E-state index contributed by atoms with van der Waals surface area (Å²) in [6.07, 6.45) is 7.05. The largest absolute Gasteiger partial charge is 0.367 e. The van der Waals surface area contributed by atoms with Crippen LogP contribution in [0.2, 0.25) is 0 Å². The lowest BCUT2D eigenvalue weighted by Crippen LogP contribution is -2.39. The summed E-state index contributed by atoms with van der Waals surface area (Å²) in [7, 11) is 0. The Balaban J connectivity index is 1.51. The predicted molar refractivity (Wildman–Crippen MR) is 61.3 cm³/mol. The standard InChI is InChI=1S/C12H19N3O2/c13-9-3-1-2-4-10(9)16-7-11-14-12(15-17-11)8-5-6-8/h8-10H,1-7,13H2. The molecule has 94 valence electrons. The molecule has 0 aromatic carbocycles. The molecule has 17 heavy (non-hydrogen) atoms. The summed E-state index contributed by atoms with van der Waals surface area (Å²) in [6, 6.07) is 0.162. The minimum absolute atomic E-state index is 0.153. The number of hydrogen-bond acceptors (Lipinski definition) is 5. The van der Waals surface area contributed by atoms with Crippen LogP contribution in [0.25, 0.3) is 0 Å². The zero-order valence-electron chi connectivity index (χ0n) is 9.97. The molecule has 1 aromatic heterocycles. The minimum Gasteiger partial charge on any atom is -0.367 e. The van der Waals surface area contributed by atoms with Gasteiger partial charge in [-0.1, -0.05) is 18.0 Å². The molecule has 2 aliphatic carbocycles. The van der Waals surface area contributed by atoms with Crippen LogP contribution in [0.1, 0.15) is 56.2 Å². The third kappa shape index (κ3) is 2.66. The van der Waals surface area contributed by atoms with Crippen molar-refractivity contribution >= 4 is 0 Å². The first-order valence-electron chi connectivity index (χ1n) is 6.52. The summed E-state index contributed by atoms with van der Waals surface area (Å²) in [5, 5.41) is 3.96. The van der Waals surface area contributed by atoms with Crippen LogP contribution in [0.15, 0.2) is 4.52 Å². The highest BCUT2D eigenvalue weighted by Gasteiger charge is 2.29. The van der Waals surface area contributed by atoms with Gasteiger partial charge in [0.05, 0.1) is 6.10 Å². The maximum absolute atomic E-state index is 6.01. The summed E-state index contributed by atoms with van der Waals surface area (Å²) in [5.41, 5.74) is 6.01. The first-order chi connectivity index (χ1) is 8.33. The average Bonchev–Trinajstić information content (AvgIpc) is 3.08. The second kappa shape index (κ2) is 4.74. The van der Waals surface area contributed by atoms with Gasteiger partial charge in [-0.15, -0.1) is 0 Å². The first kappa shape index (κ1) is 11.2. The highest BCUT2D eigenvalue weighted by molar-refractivity contribution is 5.03. The van der Waals surface area contributed by atoms with Crippen LogP contribution in [0.5, 0.6) is 0 Å². The topological polar surface area (TPSA) is 74.2 Å². The molecule has 0 bridgehead atoms. The van der Waals surface area contributed by atoms with Crippen molar-refractivity contribution < 1.29 is 9.26 Å². The lowest BCUT2D eigenvalue weighted by atomic mass is 9.93. The van der Waals surface area contributed by atoms with E-state index >= 15 is 0 Å². The summed E-state index contributed by atoms with van der Waals surface area (Å²) in [4.78, 5) is 4.34. The van der Waals surface area contributed by atoms with Gasteiger partial charge in [-0.25, -0.2) is 0 Å². The number of hydrogen-bond donors (Lipinski definition) is 1. The fourth-order valence-corrected chi connectivity index (χ4v) is 2.34. The van der Waals surface area contributed by atoms with Gasteiger partial charge >= 0.3 is 0 Å². The normalized spacial score (nSPS) is 29.5. The van der Waals surface area contributed by atoms with E-state index in [-0.39, 0.29) is 12.1 Å². The summed E-state index contributed by atoms with van der Waals surface area (Å²) >= 11 is 0. The maximum Gasteiger partial charge on any atom is 0.252 e. The second-order valence-corrected chi connectivity index (χ2v) is 5.12. The van der Waals surface area contributed by atoms with Gasteiger partial charge in [-0.2, -0.15) is 4.98 Å². The van der Waals surface area contributed by atoms with Crippen LogP contribution >= 0.6 is 0 Å². The van der Waals surface area contributed by atoms with Gasteiger partial charge in [0.25, 0.3) is 5.89 Å². The van der Waals surface area contributed by atoms with Crippen molar-refractivity contribution in [3.05, 3.63) is 11.7 Å². The molecular formula is C12H19N3O2. The molecule has 2 fully saturated rings. The van der Waals surface area contributed by atoms with Gasteiger partial charge in [0.15, 0.2) is 5.82 Å². The van der Waals surface area contributed by atoms with Crippen LogP contribution in [0.4, 0.5) is 0 Å². The van der Waals surface area contributed by atoms with Crippen molar-refractivity contribution in [3.63, 3.8) is 0 Å².